The SMILES string of the molecule is CN(C)C[C@@H]1CNCc2nccn2C1. The Kier molecular flexibility index (Phi) is 2.84. The van der Waals surface area contributed by atoms with E-state index < -0.39 is 0 Å². The molecule has 0 aliphatic carbocycles. The van der Waals surface area contributed by atoms with Crippen LogP contribution in [-0.4, -0.2) is 41.6 Å². The Morgan fingerprint density at radius 2 is 2.50 bits per heavy atom. The van der Waals surface area contributed by atoms with E-state index >= 15 is 0 Å². The molecule has 0 spiro atoms. The van der Waals surface area contributed by atoms with Crippen LogP contribution in [0.3, 0.4) is 0 Å². The maximum Gasteiger partial charge on any atom is 0.122 e. The predicted molar refractivity (Wildman–Crippen MR) is 56.0 cm³/mol. The molecule has 1 N–H and O–H groups in total. The summed E-state index contributed by atoms with van der Waals surface area (Å²) in [5.41, 5.74) is 0. The minimum Gasteiger partial charge on any atom is -0.333 e. The quantitative estimate of drug-likeness (QED) is 0.728. The molecule has 0 saturated carbocycles. The zero-order valence-corrected chi connectivity index (χ0v) is 8.90. The van der Waals surface area contributed by atoms with Gasteiger partial charge in [-0.3, -0.25) is 0 Å². The van der Waals surface area contributed by atoms with Crippen molar-refractivity contribution >= 4 is 0 Å². The van der Waals surface area contributed by atoms with E-state index in [2.05, 4.69) is 40.1 Å². The van der Waals surface area contributed by atoms with E-state index in [4.69, 9.17) is 0 Å². The number of nitrogens with zero attached hydrogens (tertiary/aromatic N) is 3. The topological polar surface area (TPSA) is 33.1 Å². The van der Waals surface area contributed by atoms with Crippen molar-refractivity contribution in [2.45, 2.75) is 13.1 Å². The summed E-state index contributed by atoms with van der Waals surface area (Å²) in [6.07, 6.45) is 3.96. The van der Waals surface area contributed by atoms with Gasteiger partial charge in [-0.25, -0.2) is 4.98 Å². The Balaban J connectivity index is 2.04. The summed E-state index contributed by atoms with van der Waals surface area (Å²) in [5, 5.41) is 3.44. The van der Waals surface area contributed by atoms with Gasteiger partial charge in [-0.1, -0.05) is 0 Å². The van der Waals surface area contributed by atoms with Crippen molar-refractivity contribution < 1.29 is 0 Å². The summed E-state index contributed by atoms with van der Waals surface area (Å²) in [7, 11) is 4.25. The van der Waals surface area contributed by atoms with Crippen LogP contribution in [0, 0.1) is 5.92 Å². The van der Waals surface area contributed by atoms with E-state index in [-0.39, 0.29) is 0 Å². The lowest BCUT2D eigenvalue weighted by molar-refractivity contribution is 0.299. The van der Waals surface area contributed by atoms with E-state index in [0.29, 0.717) is 5.92 Å². The van der Waals surface area contributed by atoms with Crippen molar-refractivity contribution in [2.75, 3.05) is 27.2 Å². The maximum absolute atomic E-state index is 4.32. The minimum atomic E-state index is 0.681. The molecule has 2 heterocycles. The van der Waals surface area contributed by atoms with Crippen molar-refractivity contribution in [1.82, 2.24) is 19.8 Å². The minimum absolute atomic E-state index is 0.681. The fourth-order valence-corrected chi connectivity index (χ4v) is 2.04. The summed E-state index contributed by atoms with van der Waals surface area (Å²) in [6.45, 7) is 4.20. The number of nitrogens with one attached hydrogen (secondary N) is 1. The number of aromatic nitrogens is 2. The molecular formula is C10H18N4. The van der Waals surface area contributed by atoms with Gasteiger partial charge in [0.15, 0.2) is 0 Å². The van der Waals surface area contributed by atoms with Gasteiger partial charge >= 0.3 is 0 Å². The third-order valence-electron chi connectivity index (χ3n) is 2.60. The van der Waals surface area contributed by atoms with E-state index in [1.165, 1.54) is 0 Å². The molecule has 0 aromatic carbocycles. The molecule has 2 rings (SSSR count). The third kappa shape index (κ3) is 2.13. The molecule has 1 aromatic heterocycles. The monoisotopic (exact) mass is 194 g/mol. The van der Waals surface area contributed by atoms with Gasteiger partial charge in [0, 0.05) is 37.9 Å². The highest BCUT2D eigenvalue weighted by Crippen LogP contribution is 2.09. The van der Waals surface area contributed by atoms with E-state index in [1.807, 2.05) is 6.20 Å². The van der Waals surface area contributed by atoms with Crippen LogP contribution in [0.15, 0.2) is 12.4 Å². The van der Waals surface area contributed by atoms with Crippen LogP contribution in [0.2, 0.25) is 0 Å². The molecule has 1 atom stereocenters. The molecule has 4 nitrogen and oxygen atoms in total. The molecule has 1 aromatic rings. The summed E-state index contributed by atoms with van der Waals surface area (Å²) >= 11 is 0. The summed E-state index contributed by atoms with van der Waals surface area (Å²) in [5.74, 6) is 1.84. The van der Waals surface area contributed by atoms with E-state index in [9.17, 15) is 0 Å². The highest BCUT2D eigenvalue weighted by Gasteiger charge is 2.16. The predicted octanol–water partition coefficient (Wildman–Crippen LogP) is 0.164. The summed E-state index contributed by atoms with van der Waals surface area (Å²) in [4.78, 5) is 6.56. The number of hydrogen-bond donors (Lipinski definition) is 1. The highest BCUT2D eigenvalue weighted by atomic mass is 15.1. The molecule has 0 radical (unpaired) electrons. The first-order valence-corrected chi connectivity index (χ1v) is 5.11. The molecule has 4 heteroatoms. The lowest BCUT2D eigenvalue weighted by atomic mass is 10.1. The molecule has 14 heavy (non-hydrogen) atoms. The first-order valence-electron chi connectivity index (χ1n) is 5.11. The number of rotatable bonds is 2. The fraction of sp³-hybridized carbons (Fsp3) is 0.700. The Bertz CT molecular complexity index is 292. The molecule has 0 fully saturated rings. The van der Waals surface area contributed by atoms with Crippen LogP contribution in [0.25, 0.3) is 0 Å². The number of fused-ring (bicyclic) bond motifs is 1. The molecule has 1 aliphatic rings. The maximum atomic E-state index is 4.32. The van der Waals surface area contributed by atoms with Crippen LogP contribution < -0.4 is 5.32 Å². The van der Waals surface area contributed by atoms with Crippen molar-refractivity contribution in [1.29, 1.82) is 0 Å². The summed E-state index contributed by atoms with van der Waals surface area (Å²) in [6, 6.07) is 0. The van der Waals surface area contributed by atoms with Crippen LogP contribution >= 0.6 is 0 Å². The van der Waals surface area contributed by atoms with Crippen molar-refractivity contribution in [3.05, 3.63) is 18.2 Å². The molecule has 0 amide bonds. The smallest absolute Gasteiger partial charge is 0.122 e. The zero-order valence-electron chi connectivity index (χ0n) is 8.90. The Hall–Kier alpha value is -0.870. The summed E-state index contributed by atoms with van der Waals surface area (Å²) < 4.78 is 2.26. The van der Waals surface area contributed by atoms with Gasteiger partial charge < -0.3 is 14.8 Å². The Labute approximate surface area is 84.9 Å². The van der Waals surface area contributed by atoms with Crippen LogP contribution in [-0.2, 0) is 13.1 Å². The molecule has 78 valence electrons. The molecular weight excluding hydrogens is 176 g/mol. The first-order chi connectivity index (χ1) is 6.75. The largest absolute Gasteiger partial charge is 0.333 e. The van der Waals surface area contributed by atoms with Crippen molar-refractivity contribution in [3.63, 3.8) is 0 Å². The van der Waals surface area contributed by atoms with Gasteiger partial charge in [0.25, 0.3) is 0 Å². The van der Waals surface area contributed by atoms with E-state index in [1.54, 1.807) is 0 Å². The van der Waals surface area contributed by atoms with Gasteiger partial charge in [0.05, 0.1) is 6.54 Å². The molecule has 0 saturated heterocycles. The number of imidazole rings is 1. The van der Waals surface area contributed by atoms with Crippen LogP contribution in [0.4, 0.5) is 0 Å². The standard InChI is InChI=1S/C10H18N4/c1-13(2)7-9-5-11-6-10-12-3-4-14(10)8-9/h3-4,9,11H,5-8H2,1-2H3/t9-/m0/s1. The van der Waals surface area contributed by atoms with Gasteiger partial charge in [-0.15, -0.1) is 0 Å². The normalized spacial score (nSPS) is 22.1. The second-order valence-corrected chi connectivity index (χ2v) is 4.26. The van der Waals surface area contributed by atoms with Gasteiger partial charge in [0.2, 0.25) is 0 Å². The average Bonchev–Trinajstić information content (AvgIpc) is 2.44. The lowest BCUT2D eigenvalue weighted by Crippen LogP contribution is -2.30. The fourth-order valence-electron chi connectivity index (χ4n) is 2.04. The van der Waals surface area contributed by atoms with Crippen LogP contribution in [0.5, 0.6) is 0 Å². The Morgan fingerprint density at radius 3 is 3.29 bits per heavy atom. The number of hydrogen-bond acceptors (Lipinski definition) is 3. The lowest BCUT2D eigenvalue weighted by Gasteiger charge is -2.19. The first kappa shape index (κ1) is 9.68. The average molecular weight is 194 g/mol. The highest BCUT2D eigenvalue weighted by molar-refractivity contribution is 4.94. The second-order valence-electron chi connectivity index (χ2n) is 4.26. The molecule has 0 bridgehead atoms. The zero-order chi connectivity index (χ0) is 9.97. The van der Waals surface area contributed by atoms with Crippen molar-refractivity contribution in [3.8, 4) is 0 Å². The molecule has 1 aliphatic heterocycles. The Morgan fingerprint density at radius 1 is 1.64 bits per heavy atom. The van der Waals surface area contributed by atoms with Crippen LogP contribution in [0.1, 0.15) is 5.82 Å². The van der Waals surface area contributed by atoms with Gasteiger partial charge in [-0.2, -0.15) is 0 Å². The van der Waals surface area contributed by atoms with Gasteiger partial charge in [-0.05, 0) is 14.1 Å². The third-order valence-corrected chi connectivity index (χ3v) is 2.60. The van der Waals surface area contributed by atoms with Gasteiger partial charge in [0.1, 0.15) is 5.82 Å². The van der Waals surface area contributed by atoms with E-state index in [0.717, 1.165) is 32.0 Å². The molecule has 0 unspecified atom stereocenters. The van der Waals surface area contributed by atoms with Crippen molar-refractivity contribution in [2.24, 2.45) is 5.92 Å². The second kappa shape index (κ2) is 4.11.